The van der Waals surface area contributed by atoms with Gasteiger partial charge in [0.1, 0.15) is 0 Å². The van der Waals surface area contributed by atoms with Crippen LogP contribution in [0, 0.1) is 0 Å². The minimum atomic E-state index is -0.0480. The topological polar surface area (TPSA) is 50.1 Å². The zero-order chi connectivity index (χ0) is 19.3. The molecule has 4 rings (SSSR count). The maximum absolute atomic E-state index is 6.59. The van der Waals surface area contributed by atoms with Gasteiger partial charge in [0.2, 0.25) is 0 Å². The third-order valence-electron chi connectivity index (χ3n) is 5.36. The van der Waals surface area contributed by atoms with Crippen LogP contribution in [0.25, 0.3) is 0 Å². The molecule has 3 aromatic rings. The molecule has 0 amide bonds. The van der Waals surface area contributed by atoms with Crippen molar-refractivity contribution in [2.45, 2.75) is 19.0 Å². The van der Waals surface area contributed by atoms with Gasteiger partial charge in [-0.3, -0.25) is 4.90 Å². The third-order valence-corrected chi connectivity index (χ3v) is 5.71. The fourth-order valence-corrected chi connectivity index (χ4v) is 3.96. The number of nitrogens with zero attached hydrogens (tertiary/aromatic N) is 6. The van der Waals surface area contributed by atoms with Crippen molar-refractivity contribution < 1.29 is 0 Å². The van der Waals surface area contributed by atoms with Gasteiger partial charge < -0.3 is 4.90 Å². The second-order valence-electron chi connectivity index (χ2n) is 7.26. The van der Waals surface area contributed by atoms with Gasteiger partial charge in [-0.05, 0) is 41.1 Å². The van der Waals surface area contributed by atoms with Gasteiger partial charge in [0, 0.05) is 37.7 Å². The molecule has 1 saturated heterocycles. The molecule has 6 nitrogen and oxygen atoms in total. The van der Waals surface area contributed by atoms with Crippen molar-refractivity contribution >= 4 is 11.6 Å². The van der Waals surface area contributed by atoms with E-state index in [9.17, 15) is 0 Å². The lowest BCUT2D eigenvalue weighted by Gasteiger charge is -2.37. The monoisotopic (exact) mass is 396 g/mol. The summed E-state index contributed by atoms with van der Waals surface area (Å²) in [4.78, 5) is 4.78. The second-order valence-corrected chi connectivity index (χ2v) is 7.67. The number of hydrogen-bond acceptors (Lipinski definition) is 5. The summed E-state index contributed by atoms with van der Waals surface area (Å²) in [5.74, 6) is 0.855. The fraction of sp³-hybridized carbons (Fsp3) is 0.381. The summed E-state index contributed by atoms with van der Waals surface area (Å²) in [6, 6.07) is 18.4. The number of benzene rings is 2. The summed E-state index contributed by atoms with van der Waals surface area (Å²) in [6.07, 6.45) is 0.886. The molecule has 2 aromatic carbocycles. The number of aryl methyl sites for hydroxylation is 2. The Bertz CT molecular complexity index is 889. The van der Waals surface area contributed by atoms with E-state index in [4.69, 9.17) is 11.6 Å². The van der Waals surface area contributed by atoms with E-state index in [0.29, 0.717) is 0 Å². The standard InChI is InChI=1S/C21H25ClN6/c1-26-13-15-27(16-14-26)20(18-9-5-6-10-19(18)22)21-23-24-25-28(21)12-11-17-7-3-2-4-8-17/h2-10,20H,11-16H2,1H3/t20-/m0/s1. The number of aromatic nitrogens is 4. The molecule has 28 heavy (non-hydrogen) atoms. The van der Waals surface area contributed by atoms with E-state index in [-0.39, 0.29) is 6.04 Å². The second kappa shape index (κ2) is 8.82. The first kappa shape index (κ1) is 19.1. The van der Waals surface area contributed by atoms with Crippen LogP contribution in [0.15, 0.2) is 54.6 Å². The van der Waals surface area contributed by atoms with Crippen LogP contribution >= 0.6 is 11.6 Å². The minimum Gasteiger partial charge on any atom is -0.304 e. The summed E-state index contributed by atoms with van der Waals surface area (Å²) in [6.45, 7) is 4.69. The predicted octanol–water partition coefficient (Wildman–Crippen LogP) is 2.91. The molecule has 7 heteroatoms. The first-order valence-corrected chi connectivity index (χ1v) is 10.1. The van der Waals surface area contributed by atoms with Gasteiger partial charge >= 0.3 is 0 Å². The van der Waals surface area contributed by atoms with Crippen LogP contribution in [0.3, 0.4) is 0 Å². The highest BCUT2D eigenvalue weighted by Gasteiger charge is 2.31. The van der Waals surface area contributed by atoms with Gasteiger partial charge in [-0.15, -0.1) is 5.10 Å². The van der Waals surface area contributed by atoms with Gasteiger partial charge in [-0.25, -0.2) is 4.68 Å². The quantitative estimate of drug-likeness (QED) is 0.641. The zero-order valence-corrected chi connectivity index (χ0v) is 16.8. The smallest absolute Gasteiger partial charge is 0.173 e. The molecule has 0 radical (unpaired) electrons. The summed E-state index contributed by atoms with van der Waals surface area (Å²) < 4.78 is 1.93. The number of halogens is 1. The molecule has 1 fully saturated rings. The van der Waals surface area contributed by atoms with Gasteiger partial charge in [0.15, 0.2) is 5.82 Å². The highest BCUT2D eigenvalue weighted by atomic mass is 35.5. The summed E-state index contributed by atoms with van der Waals surface area (Å²) >= 11 is 6.59. The van der Waals surface area contributed by atoms with E-state index < -0.39 is 0 Å². The Hall–Kier alpha value is -2.28. The molecular formula is C21H25ClN6. The van der Waals surface area contributed by atoms with Gasteiger partial charge in [-0.1, -0.05) is 60.1 Å². The number of piperazine rings is 1. The Morgan fingerprint density at radius 1 is 0.964 bits per heavy atom. The van der Waals surface area contributed by atoms with E-state index >= 15 is 0 Å². The molecular weight excluding hydrogens is 372 g/mol. The number of rotatable bonds is 6. The number of likely N-dealkylation sites (N-methyl/N-ethyl adjacent to an activating group) is 1. The van der Waals surface area contributed by atoms with Crippen LogP contribution < -0.4 is 0 Å². The average molecular weight is 397 g/mol. The molecule has 1 aliphatic rings. The van der Waals surface area contributed by atoms with E-state index in [1.54, 1.807) is 0 Å². The van der Waals surface area contributed by atoms with Gasteiger partial charge in [0.25, 0.3) is 0 Å². The molecule has 1 aliphatic heterocycles. The average Bonchev–Trinajstić information content (AvgIpc) is 3.18. The molecule has 0 bridgehead atoms. The van der Waals surface area contributed by atoms with Crippen LogP contribution in [0.2, 0.25) is 5.02 Å². The summed E-state index contributed by atoms with van der Waals surface area (Å²) in [5.41, 5.74) is 2.34. The SMILES string of the molecule is CN1CCN([C@@H](c2ccccc2Cl)c2nnnn2CCc2ccccc2)CC1. The van der Waals surface area contributed by atoms with Crippen LogP contribution in [-0.2, 0) is 13.0 Å². The van der Waals surface area contributed by atoms with Gasteiger partial charge in [-0.2, -0.15) is 0 Å². The Balaban J connectivity index is 1.64. The maximum atomic E-state index is 6.59. The number of tetrazole rings is 1. The summed E-state index contributed by atoms with van der Waals surface area (Å²) in [5, 5.41) is 13.5. The molecule has 1 atom stereocenters. The highest BCUT2D eigenvalue weighted by molar-refractivity contribution is 6.31. The van der Waals surface area contributed by atoms with E-state index in [0.717, 1.165) is 55.6 Å². The first-order chi connectivity index (χ1) is 13.7. The Morgan fingerprint density at radius 3 is 2.43 bits per heavy atom. The lowest BCUT2D eigenvalue weighted by atomic mass is 10.0. The highest BCUT2D eigenvalue weighted by Crippen LogP contribution is 2.32. The van der Waals surface area contributed by atoms with Crippen LogP contribution in [0.4, 0.5) is 0 Å². The van der Waals surface area contributed by atoms with Crippen molar-refractivity contribution in [2.24, 2.45) is 0 Å². The minimum absolute atomic E-state index is 0.0480. The molecule has 146 valence electrons. The maximum Gasteiger partial charge on any atom is 0.173 e. The Labute approximate surface area is 170 Å². The first-order valence-electron chi connectivity index (χ1n) is 9.69. The van der Waals surface area contributed by atoms with Crippen molar-refractivity contribution in [3.8, 4) is 0 Å². The summed E-state index contributed by atoms with van der Waals surface area (Å²) in [7, 11) is 2.16. The van der Waals surface area contributed by atoms with Crippen molar-refractivity contribution in [1.82, 2.24) is 30.0 Å². The Morgan fingerprint density at radius 2 is 1.68 bits per heavy atom. The van der Waals surface area contributed by atoms with E-state index in [1.807, 2.05) is 28.9 Å². The van der Waals surface area contributed by atoms with Crippen LogP contribution in [0.5, 0.6) is 0 Å². The van der Waals surface area contributed by atoms with Crippen LogP contribution in [0.1, 0.15) is 23.0 Å². The molecule has 0 unspecified atom stereocenters. The van der Waals surface area contributed by atoms with E-state index in [1.165, 1.54) is 5.56 Å². The molecule has 0 spiro atoms. The van der Waals surface area contributed by atoms with Crippen molar-refractivity contribution in [1.29, 1.82) is 0 Å². The lowest BCUT2D eigenvalue weighted by molar-refractivity contribution is 0.121. The molecule has 1 aromatic heterocycles. The van der Waals surface area contributed by atoms with Crippen molar-refractivity contribution in [3.05, 3.63) is 76.6 Å². The van der Waals surface area contributed by atoms with Crippen molar-refractivity contribution in [3.63, 3.8) is 0 Å². The normalized spacial score (nSPS) is 16.9. The zero-order valence-electron chi connectivity index (χ0n) is 16.1. The third kappa shape index (κ3) is 4.24. The lowest BCUT2D eigenvalue weighted by Crippen LogP contribution is -2.46. The van der Waals surface area contributed by atoms with E-state index in [2.05, 4.69) is 62.7 Å². The number of hydrogen-bond donors (Lipinski definition) is 0. The molecule has 2 heterocycles. The molecule has 0 N–H and O–H groups in total. The van der Waals surface area contributed by atoms with Crippen molar-refractivity contribution in [2.75, 3.05) is 33.2 Å². The fourth-order valence-electron chi connectivity index (χ4n) is 3.72. The van der Waals surface area contributed by atoms with Gasteiger partial charge in [0.05, 0.1) is 6.04 Å². The molecule has 0 aliphatic carbocycles. The predicted molar refractivity (Wildman–Crippen MR) is 110 cm³/mol. The Kier molecular flexibility index (Phi) is 6.00. The largest absolute Gasteiger partial charge is 0.304 e. The van der Waals surface area contributed by atoms with Crippen LogP contribution in [-0.4, -0.2) is 63.2 Å². The molecule has 0 saturated carbocycles.